The Hall–Kier alpha value is -1.07. The summed E-state index contributed by atoms with van der Waals surface area (Å²) >= 11 is 5.88. The van der Waals surface area contributed by atoms with Crippen molar-refractivity contribution in [1.82, 2.24) is 19.3 Å². The van der Waals surface area contributed by atoms with Gasteiger partial charge in [-0.1, -0.05) is 0 Å². The van der Waals surface area contributed by atoms with Gasteiger partial charge < -0.3 is 9.30 Å². The monoisotopic (exact) mass is 284 g/mol. The first-order valence-corrected chi connectivity index (χ1v) is 7.23. The first-order valence-electron chi connectivity index (χ1n) is 6.70. The van der Waals surface area contributed by atoms with Crippen molar-refractivity contribution in [3.05, 3.63) is 11.5 Å². The minimum Gasteiger partial charge on any atom is -0.385 e. The van der Waals surface area contributed by atoms with Gasteiger partial charge in [-0.2, -0.15) is 5.10 Å². The van der Waals surface area contributed by atoms with E-state index in [2.05, 4.69) is 16.6 Å². The predicted molar refractivity (Wildman–Crippen MR) is 76.8 cm³/mol. The van der Waals surface area contributed by atoms with Gasteiger partial charge in [-0.15, -0.1) is 11.6 Å². The van der Waals surface area contributed by atoms with Crippen molar-refractivity contribution >= 4 is 22.8 Å². The van der Waals surface area contributed by atoms with Gasteiger partial charge in [0.15, 0.2) is 5.65 Å². The summed E-state index contributed by atoms with van der Waals surface area (Å²) in [5.74, 6) is 1.63. The third-order valence-electron chi connectivity index (χ3n) is 3.23. The molecule has 0 saturated heterocycles. The summed E-state index contributed by atoms with van der Waals surface area (Å²) in [5, 5.41) is 4.53. The molecule has 5 nitrogen and oxygen atoms in total. The Bertz CT molecular complexity index is 546. The third kappa shape index (κ3) is 2.77. The van der Waals surface area contributed by atoms with Crippen LogP contribution < -0.4 is 0 Å². The molecule has 2 aromatic heterocycles. The molecule has 2 heterocycles. The lowest BCUT2D eigenvalue weighted by molar-refractivity contribution is 0.190. The summed E-state index contributed by atoms with van der Waals surface area (Å²) < 4.78 is 9.38. The van der Waals surface area contributed by atoms with Gasteiger partial charge in [0.05, 0.1) is 5.69 Å². The van der Waals surface area contributed by atoms with Crippen LogP contribution in [-0.4, -0.2) is 38.9 Å². The molecular formula is C13H21ClN4O. The van der Waals surface area contributed by atoms with Crippen LogP contribution in [0.25, 0.3) is 11.2 Å². The van der Waals surface area contributed by atoms with Gasteiger partial charge in [-0.05, 0) is 20.3 Å². The normalized spacial score (nSPS) is 11.6. The Balaban J connectivity index is 2.44. The molecule has 6 heteroatoms. The van der Waals surface area contributed by atoms with Crippen LogP contribution in [0.1, 0.15) is 24.9 Å². The minimum atomic E-state index is 0.586. The van der Waals surface area contributed by atoms with E-state index in [9.17, 15) is 0 Å². The molecule has 0 spiro atoms. The minimum absolute atomic E-state index is 0.586. The number of rotatable bonds is 7. The Morgan fingerprint density at radius 2 is 2.16 bits per heavy atom. The number of hydrogen-bond donors (Lipinski definition) is 0. The van der Waals surface area contributed by atoms with Crippen molar-refractivity contribution in [3.8, 4) is 0 Å². The quantitative estimate of drug-likeness (QED) is 0.579. The molecule has 0 fully saturated rings. The molecule has 0 aliphatic heterocycles. The summed E-state index contributed by atoms with van der Waals surface area (Å²) in [5.41, 5.74) is 3.09. The van der Waals surface area contributed by atoms with Gasteiger partial charge in [-0.3, -0.25) is 0 Å². The number of halogens is 1. The van der Waals surface area contributed by atoms with Gasteiger partial charge in [0.1, 0.15) is 11.3 Å². The number of fused-ring (bicyclic) bond motifs is 1. The summed E-state index contributed by atoms with van der Waals surface area (Å²) in [4.78, 5) is 4.70. The highest BCUT2D eigenvalue weighted by Crippen LogP contribution is 2.21. The molecule has 0 aromatic carbocycles. The first kappa shape index (κ1) is 14.3. The molecule has 0 saturated carbocycles. The Labute approximate surface area is 118 Å². The molecular weight excluding hydrogens is 264 g/mol. The maximum atomic E-state index is 5.88. The molecule has 0 aliphatic rings. The molecule has 2 rings (SSSR count). The zero-order valence-corrected chi connectivity index (χ0v) is 12.6. The van der Waals surface area contributed by atoms with E-state index in [0.717, 1.165) is 55.2 Å². The van der Waals surface area contributed by atoms with Crippen molar-refractivity contribution in [1.29, 1.82) is 0 Å². The topological polar surface area (TPSA) is 44.9 Å². The van der Waals surface area contributed by atoms with Crippen LogP contribution in [0.3, 0.4) is 0 Å². The number of aryl methyl sites for hydroxylation is 4. The highest BCUT2D eigenvalue weighted by Gasteiger charge is 2.17. The molecule has 0 radical (unpaired) electrons. The lowest BCUT2D eigenvalue weighted by Gasteiger charge is -2.09. The second kappa shape index (κ2) is 6.39. The fourth-order valence-electron chi connectivity index (χ4n) is 2.37. The molecule has 0 N–H and O–H groups in total. The van der Waals surface area contributed by atoms with E-state index in [1.54, 1.807) is 7.11 Å². The first-order chi connectivity index (χ1) is 9.22. The van der Waals surface area contributed by atoms with E-state index in [-0.39, 0.29) is 0 Å². The second-order valence-electron chi connectivity index (χ2n) is 4.54. The van der Waals surface area contributed by atoms with Gasteiger partial charge in [0.25, 0.3) is 0 Å². The molecule has 106 valence electrons. The largest absolute Gasteiger partial charge is 0.385 e. The van der Waals surface area contributed by atoms with Crippen molar-refractivity contribution in [2.24, 2.45) is 0 Å². The smallest absolute Gasteiger partial charge is 0.158 e. The molecule has 0 atom stereocenters. The van der Waals surface area contributed by atoms with Gasteiger partial charge >= 0.3 is 0 Å². The Morgan fingerprint density at radius 3 is 2.79 bits per heavy atom. The molecule has 19 heavy (non-hydrogen) atoms. The number of aromatic nitrogens is 4. The average molecular weight is 285 g/mol. The maximum absolute atomic E-state index is 5.88. The predicted octanol–water partition coefficient (Wildman–Crippen LogP) is 2.38. The average Bonchev–Trinajstić information content (AvgIpc) is 2.90. The van der Waals surface area contributed by atoms with Crippen LogP contribution in [0.4, 0.5) is 0 Å². The molecule has 2 aromatic rings. The van der Waals surface area contributed by atoms with Crippen LogP contribution in [0, 0.1) is 6.92 Å². The number of hydrogen-bond acceptors (Lipinski definition) is 3. The number of ether oxygens (including phenoxy) is 1. The zero-order valence-electron chi connectivity index (χ0n) is 11.8. The fraction of sp³-hybridized carbons (Fsp3) is 0.692. The fourth-order valence-corrected chi connectivity index (χ4v) is 2.54. The summed E-state index contributed by atoms with van der Waals surface area (Å²) in [6.07, 6.45) is 1.75. The standard InChI is InChI=1S/C13H21ClN4O/c1-4-18-13-12(10(2)16-18)15-11(6-7-14)17(13)8-5-9-19-3/h4-9H2,1-3H3. The highest BCUT2D eigenvalue weighted by molar-refractivity contribution is 6.17. The number of methoxy groups -OCH3 is 1. The van der Waals surface area contributed by atoms with Gasteiger partial charge in [0.2, 0.25) is 0 Å². The summed E-state index contributed by atoms with van der Waals surface area (Å²) in [6.45, 7) is 6.59. The van der Waals surface area contributed by atoms with Crippen molar-refractivity contribution in [2.75, 3.05) is 19.6 Å². The van der Waals surface area contributed by atoms with E-state index >= 15 is 0 Å². The molecule has 0 bridgehead atoms. The van der Waals surface area contributed by atoms with E-state index in [4.69, 9.17) is 21.3 Å². The van der Waals surface area contributed by atoms with E-state index in [1.807, 2.05) is 11.6 Å². The van der Waals surface area contributed by atoms with E-state index in [1.165, 1.54) is 0 Å². The maximum Gasteiger partial charge on any atom is 0.158 e. The van der Waals surface area contributed by atoms with Crippen molar-refractivity contribution in [3.63, 3.8) is 0 Å². The Morgan fingerprint density at radius 1 is 1.37 bits per heavy atom. The summed E-state index contributed by atoms with van der Waals surface area (Å²) in [7, 11) is 1.73. The van der Waals surface area contributed by atoms with Crippen LogP contribution in [-0.2, 0) is 24.2 Å². The SMILES string of the molecule is CCn1nc(C)c2nc(CCCl)n(CCCOC)c21. The van der Waals surface area contributed by atoms with Crippen molar-refractivity contribution in [2.45, 2.75) is 39.8 Å². The number of alkyl halides is 1. The second-order valence-corrected chi connectivity index (χ2v) is 4.92. The number of imidazole rings is 1. The van der Waals surface area contributed by atoms with E-state index in [0.29, 0.717) is 5.88 Å². The van der Waals surface area contributed by atoms with E-state index < -0.39 is 0 Å². The van der Waals surface area contributed by atoms with Crippen molar-refractivity contribution < 1.29 is 4.74 Å². The highest BCUT2D eigenvalue weighted by atomic mass is 35.5. The van der Waals surface area contributed by atoms with Crippen LogP contribution in [0.5, 0.6) is 0 Å². The van der Waals surface area contributed by atoms with Gasteiger partial charge in [0, 0.05) is 39.1 Å². The number of nitrogens with zero attached hydrogens (tertiary/aromatic N) is 4. The summed E-state index contributed by atoms with van der Waals surface area (Å²) in [6, 6.07) is 0. The van der Waals surface area contributed by atoms with Crippen LogP contribution in [0.2, 0.25) is 0 Å². The lowest BCUT2D eigenvalue weighted by atomic mass is 10.4. The van der Waals surface area contributed by atoms with Crippen LogP contribution in [0.15, 0.2) is 0 Å². The van der Waals surface area contributed by atoms with Gasteiger partial charge in [-0.25, -0.2) is 9.67 Å². The Kier molecular flexibility index (Phi) is 4.82. The molecule has 0 unspecified atom stereocenters. The zero-order chi connectivity index (χ0) is 13.8. The lowest BCUT2D eigenvalue weighted by Crippen LogP contribution is -2.10. The molecule has 0 aliphatic carbocycles. The third-order valence-corrected chi connectivity index (χ3v) is 3.41. The molecule has 0 amide bonds. The van der Waals surface area contributed by atoms with Crippen LogP contribution >= 0.6 is 11.6 Å².